The molecule has 1 saturated heterocycles. The minimum atomic E-state index is -3.11. The Kier molecular flexibility index (Phi) is 4.23. The molecule has 0 amide bonds. The Hall–Kier alpha value is -1.32. The average Bonchev–Trinajstić information content (AvgIpc) is 3.12. The first-order valence-corrected chi connectivity index (χ1v) is 11.7. The zero-order chi connectivity index (χ0) is 29.1. The predicted octanol–water partition coefficient (Wildman–Crippen LogP) is 1.80. The molecular weight excluding hydrogens is 428 g/mol. The number of ether oxygens (including phenoxy) is 2. The number of ketones is 1. The molecule has 4 N–H and O–H groups in total. The number of carboxylic acid groups (broad SMARTS) is 1. The lowest BCUT2D eigenvalue weighted by Crippen LogP contribution is -2.61. The second-order valence-electron chi connectivity index (χ2n) is 10.6. The van der Waals surface area contributed by atoms with Crippen LogP contribution in [0.2, 0.25) is 0 Å². The number of Topliss-reactive ketones (excluding diaryl/α,β-unsaturated/α-hetero) is 1. The number of rotatable bonds is 3. The monoisotopic (exact) mass is 470 g/mol. The Morgan fingerprint density at radius 1 is 1.18 bits per heavy atom. The van der Waals surface area contributed by atoms with E-state index >= 15 is 0 Å². The third-order valence-electron chi connectivity index (χ3n) is 8.95. The summed E-state index contributed by atoms with van der Waals surface area (Å²) in [4.78, 5) is 24.3. The molecule has 1 heterocycles. The Morgan fingerprint density at radius 2 is 1.91 bits per heavy atom. The number of hydrogen-bond acceptors (Lipinski definition) is 7. The van der Waals surface area contributed by atoms with Gasteiger partial charge in [0.2, 0.25) is 0 Å². The number of aliphatic hydroxyl groups is 3. The van der Waals surface area contributed by atoms with Gasteiger partial charge in [-0.25, -0.2) is 4.79 Å². The lowest BCUT2D eigenvalue weighted by molar-refractivity contribution is -0.306. The summed E-state index contributed by atoms with van der Waals surface area (Å²) in [6.45, 7) is 3.68. The molecule has 1 aliphatic heterocycles. The number of hydrogen-bond donors (Lipinski definition) is 4. The van der Waals surface area contributed by atoms with Gasteiger partial charge in [0.15, 0.2) is 12.4 Å². The summed E-state index contributed by atoms with van der Waals surface area (Å²) in [7, 11) is 0. The lowest BCUT2D eigenvalue weighted by atomic mass is 9.48. The smallest absolute Gasteiger partial charge is 0.335 e. The average molecular weight is 471 g/mol. The Labute approximate surface area is 202 Å². The van der Waals surface area contributed by atoms with Crippen molar-refractivity contribution in [2.24, 2.45) is 28.6 Å². The second kappa shape index (κ2) is 8.12. The highest BCUT2D eigenvalue weighted by molar-refractivity contribution is 5.87. The number of carbonyl (C=O) groups is 2. The molecule has 0 spiro atoms. The van der Waals surface area contributed by atoms with E-state index in [1.165, 1.54) is 0 Å². The van der Waals surface area contributed by atoms with Crippen molar-refractivity contribution >= 4 is 11.8 Å². The molecule has 0 bridgehead atoms. The van der Waals surface area contributed by atoms with Gasteiger partial charge in [0, 0.05) is 17.3 Å². The Balaban J connectivity index is 1.55. The summed E-state index contributed by atoms with van der Waals surface area (Å²) in [5.74, 6) is -1.84. The van der Waals surface area contributed by atoms with Gasteiger partial charge in [-0.2, -0.15) is 0 Å². The molecule has 33 heavy (non-hydrogen) atoms. The van der Waals surface area contributed by atoms with Crippen LogP contribution in [-0.2, 0) is 19.1 Å². The van der Waals surface area contributed by atoms with Gasteiger partial charge in [-0.15, -0.1) is 0 Å². The number of carbonyl (C=O) groups excluding carboxylic acids is 1. The zero-order valence-corrected chi connectivity index (χ0v) is 18.8. The fourth-order valence-corrected chi connectivity index (χ4v) is 6.91. The fourth-order valence-electron chi connectivity index (χ4n) is 6.91. The van der Waals surface area contributed by atoms with Crippen LogP contribution in [0.4, 0.5) is 0 Å². The number of aliphatic hydroxyl groups excluding tert-OH is 3. The van der Waals surface area contributed by atoms with Crippen molar-refractivity contribution in [3.8, 4) is 0 Å². The summed E-state index contributed by atoms with van der Waals surface area (Å²) in [5.41, 5.74) is -1.75. The molecule has 0 radical (unpaired) electrons. The van der Waals surface area contributed by atoms with Gasteiger partial charge < -0.3 is 29.9 Å². The maximum Gasteiger partial charge on any atom is 0.335 e. The minimum absolute atomic E-state index is 0.00444. The van der Waals surface area contributed by atoms with Crippen molar-refractivity contribution in [2.75, 3.05) is 0 Å². The van der Waals surface area contributed by atoms with Gasteiger partial charge in [-0.05, 0) is 68.0 Å². The quantitative estimate of drug-likeness (QED) is 0.459. The van der Waals surface area contributed by atoms with E-state index in [2.05, 4.69) is 0 Å². The van der Waals surface area contributed by atoms with Crippen molar-refractivity contribution in [3.05, 3.63) is 11.6 Å². The molecule has 0 unspecified atom stereocenters. The highest BCUT2D eigenvalue weighted by Crippen LogP contribution is 2.64. The standard InChI is InChI=1S/C25H36O8/c1-24-9-7-13(32-23-20(29)18(27)19(28)21(33-23)22(30)31)11-12(24)3-4-14-15-5-6-17(26)25(15,2)10-8-16(14)24/h3,13-16,18-21,23,27-29H,4-11H2,1-2H3,(H,30,31)/t13-,14-,15-,16-,18-,19-,20+,21-,23+,24-,25-/m0/s1/i3D,7D2,11D2,13D. The SMILES string of the molecule is [2H]C1=C2C([2H])([2H])[C@@]([2H])(O[C@@H]3O[C@H](C(=O)O)[C@@H](O)[C@H](O)[C@H]3O)C([2H])([2H])C[C@]2(C)[C@H]2CC[C@]3(C)C(=O)CC[C@H]3[C@@H]2C1. The van der Waals surface area contributed by atoms with E-state index in [0.29, 0.717) is 25.7 Å². The van der Waals surface area contributed by atoms with Crippen LogP contribution in [0.15, 0.2) is 11.6 Å². The maximum absolute atomic E-state index is 12.7. The van der Waals surface area contributed by atoms with E-state index in [1.54, 1.807) is 6.92 Å². The molecule has 11 atom stereocenters. The molecule has 5 aliphatic rings. The molecule has 3 saturated carbocycles. The summed E-state index contributed by atoms with van der Waals surface area (Å²) in [6, 6.07) is -0.0768. The van der Waals surface area contributed by atoms with Gasteiger partial charge >= 0.3 is 5.97 Å². The number of aliphatic carboxylic acids is 1. The first-order valence-electron chi connectivity index (χ1n) is 14.7. The highest BCUT2D eigenvalue weighted by atomic mass is 16.7. The van der Waals surface area contributed by atoms with E-state index in [9.17, 15) is 30.0 Å². The summed E-state index contributed by atoms with van der Waals surface area (Å²) < 4.78 is 64.5. The summed E-state index contributed by atoms with van der Waals surface area (Å²) in [5, 5.41) is 40.0. The molecule has 0 aromatic carbocycles. The largest absolute Gasteiger partial charge is 0.479 e. The van der Waals surface area contributed by atoms with Crippen LogP contribution in [0.5, 0.6) is 0 Å². The van der Waals surface area contributed by atoms with Crippen molar-refractivity contribution in [3.63, 3.8) is 0 Å². The normalized spacial score (nSPS) is 60.1. The molecule has 0 aromatic rings. The molecule has 0 aromatic heterocycles. The van der Waals surface area contributed by atoms with E-state index < -0.39 is 72.8 Å². The van der Waals surface area contributed by atoms with Gasteiger partial charge in [0.1, 0.15) is 24.1 Å². The Morgan fingerprint density at radius 3 is 2.64 bits per heavy atom. The molecular formula is C25H36O8. The van der Waals surface area contributed by atoms with Gasteiger partial charge in [-0.1, -0.05) is 25.5 Å². The van der Waals surface area contributed by atoms with Crippen LogP contribution in [0.1, 0.15) is 73.3 Å². The first-order chi connectivity index (χ1) is 17.8. The number of allylic oxidation sites excluding steroid dienone is 1. The second-order valence-corrected chi connectivity index (χ2v) is 10.6. The first kappa shape index (κ1) is 17.2. The van der Waals surface area contributed by atoms with Crippen molar-refractivity contribution in [1.29, 1.82) is 0 Å². The fraction of sp³-hybridized carbons (Fsp3) is 0.840. The Bertz CT molecular complexity index is 1120. The van der Waals surface area contributed by atoms with E-state index in [1.807, 2.05) is 6.92 Å². The van der Waals surface area contributed by atoms with Crippen molar-refractivity contribution < 1.29 is 47.7 Å². The van der Waals surface area contributed by atoms with Crippen LogP contribution < -0.4 is 0 Å². The van der Waals surface area contributed by atoms with E-state index in [-0.39, 0.29) is 41.6 Å². The highest BCUT2D eigenvalue weighted by Gasteiger charge is 2.59. The third-order valence-corrected chi connectivity index (χ3v) is 8.95. The van der Waals surface area contributed by atoms with E-state index in [4.69, 9.17) is 17.7 Å². The van der Waals surface area contributed by atoms with Crippen LogP contribution in [0.3, 0.4) is 0 Å². The summed E-state index contributed by atoms with van der Waals surface area (Å²) in [6.07, 6.45) is -17.2. The van der Waals surface area contributed by atoms with Gasteiger partial charge in [0.25, 0.3) is 0 Å². The predicted molar refractivity (Wildman–Crippen MR) is 116 cm³/mol. The van der Waals surface area contributed by atoms with Crippen LogP contribution >= 0.6 is 0 Å². The molecule has 4 aliphatic carbocycles. The lowest BCUT2D eigenvalue weighted by Gasteiger charge is -2.57. The molecule has 184 valence electrons. The molecule has 5 rings (SSSR count). The zero-order valence-electron chi connectivity index (χ0n) is 24.8. The van der Waals surface area contributed by atoms with E-state index in [0.717, 1.165) is 0 Å². The topological polar surface area (TPSA) is 134 Å². The van der Waals surface area contributed by atoms with Crippen molar-refractivity contribution in [2.45, 2.75) is 102 Å². The third kappa shape index (κ3) is 3.52. The van der Waals surface area contributed by atoms with Crippen LogP contribution in [-0.4, -0.2) is 69.0 Å². The van der Waals surface area contributed by atoms with Crippen LogP contribution in [0, 0.1) is 28.6 Å². The van der Waals surface area contributed by atoms with Crippen LogP contribution in [0.25, 0.3) is 0 Å². The molecule has 8 nitrogen and oxygen atoms in total. The molecule has 8 heteroatoms. The minimum Gasteiger partial charge on any atom is -0.479 e. The maximum atomic E-state index is 12.7. The number of fused-ring (bicyclic) bond motifs is 5. The summed E-state index contributed by atoms with van der Waals surface area (Å²) >= 11 is 0. The van der Waals surface area contributed by atoms with Gasteiger partial charge in [-0.3, -0.25) is 4.79 Å². The molecule has 4 fully saturated rings. The van der Waals surface area contributed by atoms with Crippen molar-refractivity contribution in [1.82, 2.24) is 0 Å². The van der Waals surface area contributed by atoms with Gasteiger partial charge in [0.05, 0.1) is 8.82 Å². The number of carboxylic acids is 1.